The molecule has 1 unspecified atom stereocenters. The van der Waals surface area contributed by atoms with Crippen LogP contribution in [0.15, 0.2) is 28.2 Å². The summed E-state index contributed by atoms with van der Waals surface area (Å²) in [6.07, 6.45) is 0.718. The highest BCUT2D eigenvalue weighted by molar-refractivity contribution is 7.99. The number of hydrogen-bond donors (Lipinski definition) is 3. The molecule has 0 saturated heterocycles. The minimum Gasteiger partial charge on any atom is -0.402 e. The first-order valence-corrected chi connectivity index (χ1v) is 7.07. The van der Waals surface area contributed by atoms with E-state index in [2.05, 4.69) is 16.6 Å². The lowest BCUT2D eigenvalue weighted by atomic mass is 10.2. The summed E-state index contributed by atoms with van der Waals surface area (Å²) in [5.41, 5.74) is 19.7. The Labute approximate surface area is 109 Å². The van der Waals surface area contributed by atoms with E-state index in [4.69, 9.17) is 17.2 Å². The van der Waals surface area contributed by atoms with Gasteiger partial charge in [-0.05, 0) is 0 Å². The maximum absolute atomic E-state index is 5.65. The highest BCUT2D eigenvalue weighted by Crippen LogP contribution is 2.32. The van der Waals surface area contributed by atoms with E-state index < -0.39 is 0 Å². The van der Waals surface area contributed by atoms with Crippen molar-refractivity contribution in [1.82, 2.24) is 4.98 Å². The number of nitrogens with two attached hydrogens (primary N) is 3. The first kappa shape index (κ1) is 13.9. The number of guanidine groups is 1. The summed E-state index contributed by atoms with van der Waals surface area (Å²) in [6.45, 7) is 4.34. The average molecular weight is 271 g/mol. The molecule has 0 aliphatic rings. The van der Waals surface area contributed by atoms with E-state index in [1.807, 2.05) is 10.9 Å². The van der Waals surface area contributed by atoms with Crippen LogP contribution in [0.1, 0.15) is 17.4 Å². The van der Waals surface area contributed by atoms with Gasteiger partial charge in [-0.3, -0.25) is 4.99 Å². The number of aromatic nitrogens is 1. The molecule has 6 N–H and O–H groups in total. The van der Waals surface area contributed by atoms with Gasteiger partial charge in [0, 0.05) is 23.3 Å². The first-order valence-electron chi connectivity index (χ1n) is 5.08. The third-order valence-electron chi connectivity index (χ3n) is 1.93. The Morgan fingerprint density at radius 3 is 2.82 bits per heavy atom. The Bertz CT molecular complexity index is 370. The molecule has 1 aromatic heterocycles. The summed E-state index contributed by atoms with van der Waals surface area (Å²) in [6, 6.07) is 0. The van der Waals surface area contributed by atoms with E-state index in [1.165, 1.54) is 0 Å². The predicted octanol–water partition coefficient (Wildman–Crippen LogP) is 1.05. The van der Waals surface area contributed by atoms with Crippen LogP contribution in [-0.4, -0.2) is 23.2 Å². The zero-order valence-corrected chi connectivity index (χ0v) is 11.1. The lowest BCUT2D eigenvalue weighted by Crippen LogP contribution is -2.23. The largest absolute Gasteiger partial charge is 0.402 e. The Morgan fingerprint density at radius 2 is 2.29 bits per heavy atom. The van der Waals surface area contributed by atoms with Gasteiger partial charge in [-0.1, -0.05) is 6.58 Å². The number of nitrogens with zero attached hydrogens (tertiary/aromatic N) is 2. The van der Waals surface area contributed by atoms with Crippen molar-refractivity contribution in [3.63, 3.8) is 0 Å². The maximum atomic E-state index is 5.65. The van der Waals surface area contributed by atoms with Gasteiger partial charge in [0.1, 0.15) is 0 Å². The van der Waals surface area contributed by atoms with Crippen molar-refractivity contribution in [1.29, 1.82) is 0 Å². The molecule has 1 heterocycles. The second kappa shape index (κ2) is 7.18. The second-order valence-corrected chi connectivity index (χ2v) is 5.47. The lowest BCUT2D eigenvalue weighted by molar-refractivity contribution is 0.877. The number of rotatable bonds is 7. The van der Waals surface area contributed by atoms with E-state index in [0.29, 0.717) is 12.2 Å². The molecule has 0 radical (unpaired) electrons. The van der Waals surface area contributed by atoms with E-state index in [1.54, 1.807) is 23.1 Å². The third-order valence-corrected chi connectivity index (χ3v) is 3.77. The summed E-state index contributed by atoms with van der Waals surface area (Å²) in [5.74, 6) is 0.951. The Kier molecular flexibility index (Phi) is 5.85. The van der Waals surface area contributed by atoms with Gasteiger partial charge in [-0.25, -0.2) is 4.98 Å². The van der Waals surface area contributed by atoms with Crippen LogP contribution in [0, 0.1) is 0 Å². The summed E-state index contributed by atoms with van der Waals surface area (Å²) in [5, 5.41) is 2.26. The van der Waals surface area contributed by atoms with Gasteiger partial charge in [0.15, 0.2) is 5.96 Å². The van der Waals surface area contributed by atoms with Gasteiger partial charge in [0.05, 0.1) is 23.0 Å². The molecule has 0 spiro atoms. The molecule has 94 valence electrons. The van der Waals surface area contributed by atoms with Crippen molar-refractivity contribution in [2.75, 3.05) is 12.3 Å². The van der Waals surface area contributed by atoms with Crippen molar-refractivity contribution in [2.24, 2.45) is 22.2 Å². The minimum absolute atomic E-state index is 0.124. The zero-order chi connectivity index (χ0) is 12.7. The monoisotopic (exact) mass is 271 g/mol. The summed E-state index contributed by atoms with van der Waals surface area (Å²) in [7, 11) is 0. The van der Waals surface area contributed by atoms with Crippen LogP contribution in [0.5, 0.6) is 0 Å². The Hall–Kier alpha value is -1.21. The molecule has 1 atom stereocenters. The van der Waals surface area contributed by atoms with Crippen molar-refractivity contribution in [3.8, 4) is 0 Å². The number of hydrogen-bond acceptors (Lipinski definition) is 5. The normalized spacial score (nSPS) is 12.0. The van der Waals surface area contributed by atoms with Crippen LogP contribution >= 0.6 is 23.1 Å². The maximum Gasteiger partial charge on any atom is 0.185 e. The number of thiazole rings is 1. The SMILES string of the molecule is C=C(N)CC(SCCN=C(N)N)c1cscn1. The number of thioether (sulfide) groups is 1. The zero-order valence-electron chi connectivity index (χ0n) is 9.50. The highest BCUT2D eigenvalue weighted by atomic mass is 32.2. The van der Waals surface area contributed by atoms with Gasteiger partial charge in [0.2, 0.25) is 0 Å². The van der Waals surface area contributed by atoms with Gasteiger partial charge in [-0.2, -0.15) is 0 Å². The summed E-state index contributed by atoms with van der Waals surface area (Å²) in [4.78, 5) is 8.24. The molecule has 0 aliphatic carbocycles. The molecule has 5 nitrogen and oxygen atoms in total. The van der Waals surface area contributed by atoms with Crippen LogP contribution in [0.4, 0.5) is 0 Å². The molecule has 7 heteroatoms. The fraction of sp³-hybridized carbons (Fsp3) is 0.400. The molecule has 0 aromatic carbocycles. The predicted molar refractivity (Wildman–Crippen MR) is 75.9 cm³/mol. The molecule has 17 heavy (non-hydrogen) atoms. The van der Waals surface area contributed by atoms with Crippen molar-refractivity contribution in [2.45, 2.75) is 11.7 Å². The van der Waals surface area contributed by atoms with E-state index >= 15 is 0 Å². The molecule has 1 rings (SSSR count). The first-order chi connectivity index (χ1) is 8.09. The molecule has 0 amide bonds. The highest BCUT2D eigenvalue weighted by Gasteiger charge is 2.14. The van der Waals surface area contributed by atoms with E-state index in [0.717, 1.165) is 17.9 Å². The third kappa shape index (κ3) is 5.60. The van der Waals surface area contributed by atoms with Crippen LogP contribution in [0.3, 0.4) is 0 Å². The average Bonchev–Trinajstić information content (AvgIpc) is 2.74. The fourth-order valence-electron chi connectivity index (χ4n) is 1.24. The Balaban J connectivity index is 2.47. The molecule has 0 saturated carbocycles. The van der Waals surface area contributed by atoms with E-state index in [-0.39, 0.29) is 11.2 Å². The van der Waals surface area contributed by atoms with Gasteiger partial charge in [0.25, 0.3) is 0 Å². The topological polar surface area (TPSA) is 103 Å². The van der Waals surface area contributed by atoms with Crippen molar-refractivity contribution >= 4 is 29.1 Å². The molecular formula is C10H17N5S2. The molecule has 1 aromatic rings. The van der Waals surface area contributed by atoms with E-state index in [9.17, 15) is 0 Å². The minimum atomic E-state index is 0.124. The Morgan fingerprint density at radius 1 is 1.53 bits per heavy atom. The van der Waals surface area contributed by atoms with Crippen molar-refractivity contribution < 1.29 is 0 Å². The van der Waals surface area contributed by atoms with Crippen LogP contribution in [-0.2, 0) is 0 Å². The molecule has 0 aliphatic heterocycles. The summed E-state index contributed by atoms with van der Waals surface area (Å²) >= 11 is 3.31. The smallest absolute Gasteiger partial charge is 0.185 e. The molecule has 0 bridgehead atoms. The second-order valence-electron chi connectivity index (χ2n) is 3.44. The van der Waals surface area contributed by atoms with Gasteiger partial charge in [-0.15, -0.1) is 23.1 Å². The lowest BCUT2D eigenvalue weighted by Gasteiger charge is -2.13. The van der Waals surface area contributed by atoms with Crippen LogP contribution in [0.25, 0.3) is 0 Å². The van der Waals surface area contributed by atoms with Crippen molar-refractivity contribution in [3.05, 3.63) is 28.9 Å². The molecular weight excluding hydrogens is 254 g/mol. The summed E-state index contributed by atoms with van der Waals surface area (Å²) < 4.78 is 0. The quantitative estimate of drug-likeness (QED) is 0.391. The van der Waals surface area contributed by atoms with Gasteiger partial charge >= 0.3 is 0 Å². The van der Waals surface area contributed by atoms with Gasteiger partial charge < -0.3 is 17.2 Å². The molecule has 0 fully saturated rings. The van der Waals surface area contributed by atoms with Crippen LogP contribution < -0.4 is 17.2 Å². The fourth-order valence-corrected chi connectivity index (χ4v) is 3.04. The number of aliphatic imine (C=N–C) groups is 1. The standard InChI is InChI=1S/C10H17N5S2/c1-7(11)4-9(8-5-16-6-15-8)17-3-2-14-10(12)13/h5-6,9H,1-4,11H2,(H4,12,13,14). The number of allylic oxidation sites excluding steroid dienone is 1. The van der Waals surface area contributed by atoms with Crippen LogP contribution in [0.2, 0.25) is 0 Å².